The molecule has 2 rings (SSSR count). The summed E-state index contributed by atoms with van der Waals surface area (Å²) in [6.07, 6.45) is 7.00. The standard InChI is InChI=1S/C13H20N2/c1-2-3-4-5-10-13-14-11-8-6-7-9-12(11)15-13/h6-9,13-15H,2-5,10H2,1H3. The van der Waals surface area contributed by atoms with Crippen molar-refractivity contribution in [1.29, 1.82) is 0 Å². The lowest BCUT2D eigenvalue weighted by molar-refractivity contribution is 0.605. The zero-order chi connectivity index (χ0) is 10.5. The van der Waals surface area contributed by atoms with Crippen LogP contribution >= 0.6 is 0 Å². The molecule has 0 spiro atoms. The van der Waals surface area contributed by atoms with Gasteiger partial charge in [0, 0.05) is 0 Å². The highest BCUT2D eigenvalue weighted by Gasteiger charge is 2.17. The number of nitrogens with one attached hydrogen (secondary N) is 2. The Morgan fingerprint density at radius 1 is 1.00 bits per heavy atom. The molecule has 0 atom stereocenters. The maximum Gasteiger partial charge on any atom is 0.0964 e. The van der Waals surface area contributed by atoms with Crippen LogP contribution in [0.1, 0.15) is 39.0 Å². The summed E-state index contributed by atoms with van der Waals surface area (Å²) >= 11 is 0. The van der Waals surface area contributed by atoms with Gasteiger partial charge in [0.15, 0.2) is 0 Å². The van der Waals surface area contributed by atoms with Crippen molar-refractivity contribution in [1.82, 2.24) is 0 Å². The van der Waals surface area contributed by atoms with Crippen LogP contribution in [0.2, 0.25) is 0 Å². The molecule has 15 heavy (non-hydrogen) atoms. The number of hydrogen-bond acceptors (Lipinski definition) is 2. The molecule has 2 N–H and O–H groups in total. The number of rotatable bonds is 5. The quantitative estimate of drug-likeness (QED) is 0.712. The SMILES string of the molecule is CCCCCCC1Nc2ccccc2N1. The van der Waals surface area contributed by atoms with E-state index >= 15 is 0 Å². The number of anilines is 2. The molecular weight excluding hydrogens is 184 g/mol. The fourth-order valence-corrected chi connectivity index (χ4v) is 2.07. The Bertz CT molecular complexity index is 284. The van der Waals surface area contributed by atoms with Crippen molar-refractivity contribution in [3.8, 4) is 0 Å². The lowest BCUT2D eigenvalue weighted by Gasteiger charge is -2.11. The van der Waals surface area contributed by atoms with Gasteiger partial charge in [-0.2, -0.15) is 0 Å². The smallest absolute Gasteiger partial charge is 0.0964 e. The number of fused-ring (bicyclic) bond motifs is 1. The lowest BCUT2D eigenvalue weighted by atomic mass is 10.1. The first-order valence-corrected chi connectivity index (χ1v) is 6.02. The van der Waals surface area contributed by atoms with Crippen molar-refractivity contribution in [3.05, 3.63) is 24.3 Å². The molecule has 0 radical (unpaired) electrons. The van der Waals surface area contributed by atoms with Gasteiger partial charge in [-0.25, -0.2) is 0 Å². The third-order valence-electron chi connectivity index (χ3n) is 2.93. The van der Waals surface area contributed by atoms with E-state index < -0.39 is 0 Å². The number of unbranched alkanes of at least 4 members (excludes halogenated alkanes) is 3. The zero-order valence-corrected chi connectivity index (χ0v) is 9.42. The summed E-state index contributed by atoms with van der Waals surface area (Å²) < 4.78 is 0. The third kappa shape index (κ3) is 2.65. The van der Waals surface area contributed by atoms with Crippen molar-refractivity contribution in [2.24, 2.45) is 0 Å². The van der Waals surface area contributed by atoms with E-state index in [1.54, 1.807) is 0 Å². The first-order chi connectivity index (χ1) is 7.40. The van der Waals surface area contributed by atoms with Gasteiger partial charge in [-0.05, 0) is 25.0 Å². The predicted octanol–water partition coefficient (Wildman–Crippen LogP) is 3.82. The Balaban J connectivity index is 1.76. The first kappa shape index (κ1) is 10.3. The van der Waals surface area contributed by atoms with Crippen LogP contribution < -0.4 is 10.6 Å². The van der Waals surface area contributed by atoms with Crippen LogP contribution in [0.3, 0.4) is 0 Å². The minimum atomic E-state index is 0.444. The highest BCUT2D eigenvalue weighted by atomic mass is 15.2. The molecule has 1 aliphatic heterocycles. The fourth-order valence-electron chi connectivity index (χ4n) is 2.07. The van der Waals surface area contributed by atoms with Gasteiger partial charge >= 0.3 is 0 Å². The second-order valence-corrected chi connectivity index (χ2v) is 4.24. The molecule has 0 bridgehead atoms. The van der Waals surface area contributed by atoms with E-state index in [0.717, 1.165) is 0 Å². The molecule has 1 aromatic rings. The molecule has 0 aliphatic carbocycles. The molecule has 82 valence electrons. The summed E-state index contributed by atoms with van der Waals surface area (Å²) in [6.45, 7) is 2.25. The Hall–Kier alpha value is -1.18. The van der Waals surface area contributed by atoms with Crippen molar-refractivity contribution in [2.75, 3.05) is 10.6 Å². The van der Waals surface area contributed by atoms with E-state index in [1.807, 2.05) is 0 Å². The summed E-state index contributed by atoms with van der Waals surface area (Å²) in [5.41, 5.74) is 2.50. The number of hydrogen-bond donors (Lipinski definition) is 2. The fraction of sp³-hybridized carbons (Fsp3) is 0.538. The van der Waals surface area contributed by atoms with Gasteiger partial charge in [-0.3, -0.25) is 0 Å². The van der Waals surface area contributed by atoms with E-state index in [1.165, 1.54) is 43.5 Å². The van der Waals surface area contributed by atoms with E-state index in [0.29, 0.717) is 6.17 Å². The molecule has 0 aromatic heterocycles. The van der Waals surface area contributed by atoms with Crippen LogP contribution in [0.25, 0.3) is 0 Å². The van der Waals surface area contributed by atoms with Crippen molar-refractivity contribution in [3.63, 3.8) is 0 Å². The molecular formula is C13H20N2. The minimum absolute atomic E-state index is 0.444. The van der Waals surface area contributed by atoms with Crippen molar-refractivity contribution < 1.29 is 0 Å². The highest BCUT2D eigenvalue weighted by Crippen LogP contribution is 2.29. The van der Waals surface area contributed by atoms with Gasteiger partial charge in [0.05, 0.1) is 17.5 Å². The van der Waals surface area contributed by atoms with Gasteiger partial charge in [0.25, 0.3) is 0 Å². The summed E-state index contributed by atoms with van der Waals surface area (Å²) in [4.78, 5) is 0. The van der Waals surface area contributed by atoms with Crippen LogP contribution in [0.15, 0.2) is 24.3 Å². The summed E-state index contributed by atoms with van der Waals surface area (Å²) in [6, 6.07) is 8.42. The van der Waals surface area contributed by atoms with E-state index in [2.05, 4.69) is 41.8 Å². The second-order valence-electron chi connectivity index (χ2n) is 4.24. The van der Waals surface area contributed by atoms with E-state index in [4.69, 9.17) is 0 Å². The molecule has 0 saturated carbocycles. The van der Waals surface area contributed by atoms with Gasteiger partial charge in [0.2, 0.25) is 0 Å². The average molecular weight is 204 g/mol. The predicted molar refractivity (Wildman–Crippen MR) is 66.2 cm³/mol. The summed E-state index contributed by atoms with van der Waals surface area (Å²) in [5, 5.41) is 7.00. The monoisotopic (exact) mass is 204 g/mol. The molecule has 0 unspecified atom stereocenters. The molecule has 2 nitrogen and oxygen atoms in total. The Kier molecular flexibility index (Phi) is 3.49. The van der Waals surface area contributed by atoms with Crippen molar-refractivity contribution in [2.45, 2.75) is 45.2 Å². The Morgan fingerprint density at radius 3 is 2.27 bits per heavy atom. The Morgan fingerprint density at radius 2 is 1.67 bits per heavy atom. The van der Waals surface area contributed by atoms with Crippen LogP contribution in [-0.4, -0.2) is 6.17 Å². The second kappa shape index (κ2) is 5.06. The highest BCUT2D eigenvalue weighted by molar-refractivity contribution is 5.73. The zero-order valence-electron chi connectivity index (χ0n) is 9.42. The molecule has 2 heteroatoms. The largest absolute Gasteiger partial charge is 0.364 e. The molecule has 0 fully saturated rings. The number of para-hydroxylation sites is 2. The average Bonchev–Trinajstić information content (AvgIpc) is 2.67. The van der Waals surface area contributed by atoms with E-state index in [-0.39, 0.29) is 0 Å². The van der Waals surface area contributed by atoms with Crippen LogP contribution in [0, 0.1) is 0 Å². The molecule has 1 heterocycles. The molecule has 1 aromatic carbocycles. The van der Waals surface area contributed by atoms with Crippen LogP contribution in [0.5, 0.6) is 0 Å². The summed E-state index contributed by atoms with van der Waals surface area (Å²) in [7, 11) is 0. The number of benzene rings is 1. The minimum Gasteiger partial charge on any atom is -0.364 e. The van der Waals surface area contributed by atoms with Crippen LogP contribution in [0.4, 0.5) is 11.4 Å². The molecule has 0 amide bonds. The maximum atomic E-state index is 3.50. The first-order valence-electron chi connectivity index (χ1n) is 6.02. The molecule has 1 aliphatic rings. The molecule has 0 saturated heterocycles. The normalized spacial score (nSPS) is 14.5. The van der Waals surface area contributed by atoms with Gasteiger partial charge < -0.3 is 10.6 Å². The lowest BCUT2D eigenvalue weighted by Crippen LogP contribution is -2.21. The topological polar surface area (TPSA) is 24.1 Å². The van der Waals surface area contributed by atoms with Crippen molar-refractivity contribution >= 4 is 11.4 Å². The van der Waals surface area contributed by atoms with Gasteiger partial charge in [-0.15, -0.1) is 0 Å². The third-order valence-corrected chi connectivity index (χ3v) is 2.93. The van der Waals surface area contributed by atoms with Crippen LogP contribution in [-0.2, 0) is 0 Å². The Labute approximate surface area is 92.1 Å². The maximum absolute atomic E-state index is 3.50. The van der Waals surface area contributed by atoms with Gasteiger partial charge in [0.1, 0.15) is 0 Å². The summed E-state index contributed by atoms with van der Waals surface area (Å²) in [5.74, 6) is 0. The van der Waals surface area contributed by atoms with Gasteiger partial charge in [-0.1, -0.05) is 38.3 Å². The van der Waals surface area contributed by atoms with E-state index in [9.17, 15) is 0 Å².